The number of aromatic nitrogens is 4. The molecule has 6 nitrogen and oxygen atoms in total. The molecule has 0 aliphatic carbocycles. The van der Waals surface area contributed by atoms with Crippen molar-refractivity contribution in [3.05, 3.63) is 35.9 Å². The molecule has 0 aromatic carbocycles. The molecule has 1 fully saturated rings. The Balaban J connectivity index is 1.70. The quantitative estimate of drug-likeness (QED) is 0.778. The highest BCUT2D eigenvalue weighted by molar-refractivity contribution is 5.44. The van der Waals surface area contributed by atoms with Gasteiger partial charge in [-0.15, -0.1) is 0 Å². The van der Waals surface area contributed by atoms with Gasteiger partial charge in [0.1, 0.15) is 23.8 Å². The maximum absolute atomic E-state index is 13.1. The Kier molecular flexibility index (Phi) is 3.64. The Labute approximate surface area is 122 Å². The summed E-state index contributed by atoms with van der Waals surface area (Å²) in [6, 6.07) is 3.36. The number of piperazine rings is 1. The van der Waals surface area contributed by atoms with Crippen LogP contribution in [0.3, 0.4) is 0 Å². The number of rotatable bonds is 2. The summed E-state index contributed by atoms with van der Waals surface area (Å²) in [7, 11) is 0. The van der Waals surface area contributed by atoms with E-state index in [1.807, 2.05) is 19.9 Å². The molecule has 2 aromatic rings. The molecule has 21 heavy (non-hydrogen) atoms. The Bertz CT molecular complexity index is 619. The summed E-state index contributed by atoms with van der Waals surface area (Å²) in [5, 5.41) is 0. The van der Waals surface area contributed by atoms with Gasteiger partial charge >= 0.3 is 0 Å². The molecule has 0 spiro atoms. The van der Waals surface area contributed by atoms with Gasteiger partial charge in [0, 0.05) is 44.0 Å². The number of aryl methyl sites for hydroxylation is 2. The molecule has 3 heterocycles. The number of nitrogens with zero attached hydrogens (tertiary/aromatic N) is 6. The SMILES string of the molecule is Cc1cc(N2CCN(c3cc(F)ncn3)CC2)nc(C)n1. The van der Waals surface area contributed by atoms with Gasteiger partial charge < -0.3 is 9.80 Å². The van der Waals surface area contributed by atoms with Gasteiger partial charge in [0.25, 0.3) is 0 Å². The molecule has 0 amide bonds. The topological polar surface area (TPSA) is 58.0 Å². The van der Waals surface area contributed by atoms with E-state index in [1.54, 1.807) is 0 Å². The monoisotopic (exact) mass is 288 g/mol. The summed E-state index contributed by atoms with van der Waals surface area (Å²) < 4.78 is 13.1. The number of anilines is 2. The van der Waals surface area contributed by atoms with Gasteiger partial charge in [0.2, 0.25) is 5.95 Å². The normalized spacial score (nSPS) is 15.4. The van der Waals surface area contributed by atoms with E-state index >= 15 is 0 Å². The van der Waals surface area contributed by atoms with Crippen LogP contribution < -0.4 is 9.80 Å². The first-order valence-electron chi connectivity index (χ1n) is 6.91. The predicted molar refractivity (Wildman–Crippen MR) is 77.9 cm³/mol. The van der Waals surface area contributed by atoms with Gasteiger partial charge in [0.05, 0.1) is 0 Å². The van der Waals surface area contributed by atoms with E-state index in [0.717, 1.165) is 43.5 Å². The Morgan fingerprint density at radius 3 is 2.19 bits per heavy atom. The smallest absolute Gasteiger partial charge is 0.218 e. The van der Waals surface area contributed by atoms with E-state index in [1.165, 1.54) is 12.4 Å². The van der Waals surface area contributed by atoms with E-state index in [4.69, 9.17) is 0 Å². The van der Waals surface area contributed by atoms with Crippen molar-refractivity contribution in [3.63, 3.8) is 0 Å². The molecule has 0 radical (unpaired) electrons. The second-order valence-electron chi connectivity index (χ2n) is 5.09. The van der Waals surface area contributed by atoms with Crippen LogP contribution >= 0.6 is 0 Å². The van der Waals surface area contributed by atoms with Crippen LogP contribution in [-0.2, 0) is 0 Å². The van der Waals surface area contributed by atoms with Crippen molar-refractivity contribution >= 4 is 11.6 Å². The molecule has 0 atom stereocenters. The summed E-state index contributed by atoms with van der Waals surface area (Å²) in [6.45, 7) is 7.06. The minimum absolute atomic E-state index is 0.496. The van der Waals surface area contributed by atoms with Crippen LogP contribution in [0.25, 0.3) is 0 Å². The van der Waals surface area contributed by atoms with E-state index in [9.17, 15) is 4.39 Å². The van der Waals surface area contributed by atoms with Crippen molar-refractivity contribution in [2.75, 3.05) is 36.0 Å². The highest BCUT2D eigenvalue weighted by Crippen LogP contribution is 2.18. The largest absolute Gasteiger partial charge is 0.353 e. The number of halogens is 1. The first-order chi connectivity index (χ1) is 10.1. The fourth-order valence-corrected chi connectivity index (χ4v) is 2.52. The van der Waals surface area contributed by atoms with E-state index in [-0.39, 0.29) is 0 Å². The zero-order chi connectivity index (χ0) is 14.8. The zero-order valence-corrected chi connectivity index (χ0v) is 12.1. The van der Waals surface area contributed by atoms with Crippen LogP contribution in [0.4, 0.5) is 16.0 Å². The lowest BCUT2D eigenvalue weighted by Crippen LogP contribution is -2.47. The van der Waals surface area contributed by atoms with Crippen LogP contribution in [0, 0.1) is 19.8 Å². The number of hydrogen-bond acceptors (Lipinski definition) is 6. The minimum Gasteiger partial charge on any atom is -0.353 e. The van der Waals surface area contributed by atoms with Gasteiger partial charge in [-0.25, -0.2) is 19.9 Å². The second kappa shape index (κ2) is 5.59. The second-order valence-corrected chi connectivity index (χ2v) is 5.09. The average molecular weight is 288 g/mol. The Hall–Kier alpha value is -2.31. The van der Waals surface area contributed by atoms with Crippen molar-refractivity contribution in [1.82, 2.24) is 19.9 Å². The third-order valence-corrected chi connectivity index (χ3v) is 3.50. The molecule has 1 aliphatic heterocycles. The van der Waals surface area contributed by atoms with Crippen molar-refractivity contribution in [1.29, 1.82) is 0 Å². The van der Waals surface area contributed by atoms with Crippen LogP contribution in [0.2, 0.25) is 0 Å². The summed E-state index contributed by atoms with van der Waals surface area (Å²) in [4.78, 5) is 20.7. The van der Waals surface area contributed by atoms with Crippen LogP contribution in [0.5, 0.6) is 0 Å². The third-order valence-electron chi connectivity index (χ3n) is 3.50. The molecule has 3 rings (SSSR count). The van der Waals surface area contributed by atoms with Crippen molar-refractivity contribution in [3.8, 4) is 0 Å². The van der Waals surface area contributed by atoms with Gasteiger partial charge in [-0.3, -0.25) is 0 Å². The van der Waals surface area contributed by atoms with Gasteiger partial charge in [0.15, 0.2) is 0 Å². The molecular formula is C14H17FN6. The maximum Gasteiger partial charge on any atom is 0.218 e. The lowest BCUT2D eigenvalue weighted by atomic mass is 10.3. The van der Waals surface area contributed by atoms with E-state index in [0.29, 0.717) is 5.82 Å². The number of hydrogen-bond donors (Lipinski definition) is 0. The molecule has 7 heteroatoms. The molecule has 0 saturated carbocycles. The molecule has 1 saturated heterocycles. The molecule has 0 unspecified atom stereocenters. The van der Waals surface area contributed by atoms with Gasteiger partial charge in [-0.05, 0) is 13.8 Å². The van der Waals surface area contributed by atoms with Crippen molar-refractivity contribution in [2.24, 2.45) is 0 Å². The maximum atomic E-state index is 13.1. The van der Waals surface area contributed by atoms with E-state index in [2.05, 4.69) is 29.7 Å². The van der Waals surface area contributed by atoms with Crippen molar-refractivity contribution in [2.45, 2.75) is 13.8 Å². The first-order valence-corrected chi connectivity index (χ1v) is 6.91. The van der Waals surface area contributed by atoms with Crippen LogP contribution in [0.1, 0.15) is 11.5 Å². The molecular weight excluding hydrogens is 271 g/mol. The predicted octanol–water partition coefficient (Wildman–Crippen LogP) is 1.35. The summed E-state index contributed by atoms with van der Waals surface area (Å²) in [5.41, 5.74) is 0.970. The Morgan fingerprint density at radius 2 is 1.57 bits per heavy atom. The lowest BCUT2D eigenvalue weighted by molar-refractivity contribution is 0.574. The summed E-state index contributed by atoms with van der Waals surface area (Å²) >= 11 is 0. The fraction of sp³-hybridized carbons (Fsp3) is 0.429. The highest BCUT2D eigenvalue weighted by atomic mass is 19.1. The first kappa shape index (κ1) is 13.7. The fourth-order valence-electron chi connectivity index (χ4n) is 2.52. The zero-order valence-electron chi connectivity index (χ0n) is 12.1. The average Bonchev–Trinajstić information content (AvgIpc) is 2.46. The van der Waals surface area contributed by atoms with Gasteiger partial charge in [-0.2, -0.15) is 4.39 Å². The minimum atomic E-state index is -0.496. The highest BCUT2D eigenvalue weighted by Gasteiger charge is 2.20. The lowest BCUT2D eigenvalue weighted by Gasteiger charge is -2.36. The van der Waals surface area contributed by atoms with Gasteiger partial charge in [-0.1, -0.05) is 0 Å². The third kappa shape index (κ3) is 3.07. The molecule has 1 aliphatic rings. The van der Waals surface area contributed by atoms with Crippen molar-refractivity contribution < 1.29 is 4.39 Å². The molecule has 110 valence electrons. The summed E-state index contributed by atoms with van der Waals surface area (Å²) in [5.74, 6) is 1.88. The Morgan fingerprint density at radius 1 is 0.905 bits per heavy atom. The standard InChI is InChI=1S/C14H17FN6/c1-10-7-14(19-11(2)18-10)21-5-3-20(4-6-21)13-8-12(15)16-9-17-13/h7-9H,3-6H2,1-2H3. The van der Waals surface area contributed by atoms with E-state index < -0.39 is 5.95 Å². The van der Waals surface area contributed by atoms with Crippen LogP contribution in [-0.4, -0.2) is 46.1 Å². The summed E-state index contributed by atoms with van der Waals surface area (Å²) in [6.07, 6.45) is 1.26. The van der Waals surface area contributed by atoms with Crippen LogP contribution in [0.15, 0.2) is 18.5 Å². The molecule has 2 aromatic heterocycles. The molecule has 0 N–H and O–H groups in total. The molecule has 0 bridgehead atoms.